The van der Waals surface area contributed by atoms with Crippen LogP contribution >= 0.6 is 0 Å². The molecular weight excluding hydrogens is 182 g/mol. The molecule has 0 saturated carbocycles. The minimum atomic E-state index is -0.423. The molecule has 5 heteroatoms. The van der Waals surface area contributed by atoms with Crippen molar-refractivity contribution < 1.29 is 4.92 Å². The van der Waals surface area contributed by atoms with Gasteiger partial charge in [-0.1, -0.05) is 0 Å². The van der Waals surface area contributed by atoms with Crippen LogP contribution in [0.3, 0.4) is 0 Å². The summed E-state index contributed by atoms with van der Waals surface area (Å²) in [7, 11) is 0. The third-order valence-corrected chi connectivity index (χ3v) is 2.49. The van der Waals surface area contributed by atoms with Crippen molar-refractivity contribution in [3.63, 3.8) is 0 Å². The minimum absolute atomic E-state index is 0.0536. The van der Waals surface area contributed by atoms with Crippen LogP contribution in [0.15, 0.2) is 12.3 Å². The molecule has 1 heterocycles. The maximum absolute atomic E-state index is 10.5. The van der Waals surface area contributed by atoms with Crippen LogP contribution in [0.4, 0.5) is 5.69 Å². The van der Waals surface area contributed by atoms with Crippen LogP contribution in [0.25, 0.3) is 0 Å². The van der Waals surface area contributed by atoms with Crippen LogP contribution in [0.2, 0.25) is 0 Å². The number of nitrogens with zero attached hydrogens (tertiary/aromatic N) is 2. The maximum atomic E-state index is 10.5. The number of nitrogens with two attached hydrogens (primary N) is 1. The van der Waals surface area contributed by atoms with Gasteiger partial charge in [0.05, 0.1) is 4.92 Å². The summed E-state index contributed by atoms with van der Waals surface area (Å²) in [5.74, 6) is 0. The van der Waals surface area contributed by atoms with Gasteiger partial charge in [0.1, 0.15) is 6.20 Å². The summed E-state index contributed by atoms with van der Waals surface area (Å²) in [5.41, 5.74) is 7.72. The molecule has 0 bridgehead atoms. The van der Waals surface area contributed by atoms with Crippen molar-refractivity contribution in [2.45, 2.75) is 25.3 Å². The Balaban J connectivity index is 2.37. The summed E-state index contributed by atoms with van der Waals surface area (Å²) in [5, 5.41) is 10.5. The molecule has 0 aliphatic heterocycles. The fourth-order valence-corrected chi connectivity index (χ4v) is 1.73. The zero-order chi connectivity index (χ0) is 10.1. The van der Waals surface area contributed by atoms with Gasteiger partial charge in [0.25, 0.3) is 5.69 Å². The lowest BCUT2D eigenvalue weighted by atomic mass is 9.92. The summed E-state index contributed by atoms with van der Waals surface area (Å²) < 4.78 is 0. The fourth-order valence-electron chi connectivity index (χ4n) is 1.73. The van der Waals surface area contributed by atoms with Crippen molar-refractivity contribution >= 4 is 5.69 Å². The van der Waals surface area contributed by atoms with E-state index in [0.717, 1.165) is 24.1 Å². The SMILES string of the molecule is N[C@@H]1CCc2ncc([N+](=O)[O-])cc2C1. The number of pyridine rings is 1. The van der Waals surface area contributed by atoms with Gasteiger partial charge in [-0.25, -0.2) is 0 Å². The van der Waals surface area contributed by atoms with Gasteiger partial charge in [0, 0.05) is 17.8 Å². The summed E-state index contributed by atoms with van der Waals surface area (Å²) in [6, 6.07) is 1.70. The molecule has 14 heavy (non-hydrogen) atoms. The van der Waals surface area contributed by atoms with Gasteiger partial charge < -0.3 is 5.73 Å². The third kappa shape index (κ3) is 1.58. The van der Waals surface area contributed by atoms with Gasteiger partial charge in [-0.2, -0.15) is 0 Å². The van der Waals surface area contributed by atoms with Gasteiger partial charge in [0.15, 0.2) is 0 Å². The van der Waals surface area contributed by atoms with E-state index in [-0.39, 0.29) is 11.7 Å². The number of rotatable bonds is 1. The number of nitro groups is 1. The number of aromatic nitrogens is 1. The Labute approximate surface area is 81.1 Å². The second-order valence-corrected chi connectivity index (χ2v) is 3.56. The molecule has 1 aliphatic rings. The smallest absolute Gasteiger partial charge is 0.287 e. The third-order valence-electron chi connectivity index (χ3n) is 2.49. The molecule has 0 spiro atoms. The lowest BCUT2D eigenvalue weighted by Crippen LogP contribution is -2.28. The van der Waals surface area contributed by atoms with E-state index in [2.05, 4.69) is 4.98 Å². The molecule has 0 amide bonds. The fraction of sp³-hybridized carbons (Fsp3) is 0.444. The second kappa shape index (κ2) is 3.34. The van der Waals surface area contributed by atoms with Crippen LogP contribution < -0.4 is 5.73 Å². The number of fused-ring (bicyclic) bond motifs is 1. The molecular formula is C9H11N3O2. The largest absolute Gasteiger partial charge is 0.327 e. The van der Waals surface area contributed by atoms with Crippen LogP contribution in [0, 0.1) is 10.1 Å². The van der Waals surface area contributed by atoms with E-state index in [1.54, 1.807) is 6.07 Å². The standard InChI is InChI=1S/C9H11N3O2/c10-7-1-2-9-6(3-7)4-8(5-11-9)12(13)14/h4-5,7H,1-3,10H2/t7-/m1/s1. The highest BCUT2D eigenvalue weighted by Crippen LogP contribution is 2.22. The van der Waals surface area contributed by atoms with Crippen LogP contribution in [0.1, 0.15) is 17.7 Å². The first-order chi connectivity index (χ1) is 6.66. The molecule has 2 N–H and O–H groups in total. The van der Waals surface area contributed by atoms with Crippen LogP contribution in [0.5, 0.6) is 0 Å². The lowest BCUT2D eigenvalue weighted by molar-refractivity contribution is -0.385. The van der Waals surface area contributed by atoms with Crippen LogP contribution in [-0.2, 0) is 12.8 Å². The summed E-state index contributed by atoms with van der Waals surface area (Å²) in [4.78, 5) is 14.2. The minimum Gasteiger partial charge on any atom is -0.327 e. The molecule has 5 nitrogen and oxygen atoms in total. The Hall–Kier alpha value is -1.49. The van der Waals surface area contributed by atoms with E-state index in [1.165, 1.54) is 6.20 Å². The number of hydrogen-bond acceptors (Lipinski definition) is 4. The molecule has 74 valence electrons. The van der Waals surface area contributed by atoms with E-state index in [0.29, 0.717) is 6.42 Å². The molecule has 0 unspecified atom stereocenters. The van der Waals surface area contributed by atoms with Crippen molar-refractivity contribution in [2.75, 3.05) is 0 Å². The van der Waals surface area contributed by atoms with E-state index in [1.807, 2.05) is 0 Å². The molecule has 0 radical (unpaired) electrons. The first-order valence-electron chi connectivity index (χ1n) is 4.54. The van der Waals surface area contributed by atoms with Crippen LogP contribution in [-0.4, -0.2) is 15.9 Å². The zero-order valence-corrected chi connectivity index (χ0v) is 7.64. The van der Waals surface area contributed by atoms with Crippen molar-refractivity contribution in [1.82, 2.24) is 4.98 Å². The average molecular weight is 193 g/mol. The Kier molecular flexibility index (Phi) is 2.17. The molecule has 1 aliphatic carbocycles. The van der Waals surface area contributed by atoms with E-state index in [4.69, 9.17) is 5.73 Å². The molecule has 1 aromatic heterocycles. The van der Waals surface area contributed by atoms with Gasteiger partial charge in [-0.3, -0.25) is 15.1 Å². The first kappa shape index (κ1) is 9.08. The summed E-state index contributed by atoms with van der Waals surface area (Å²) in [6.07, 6.45) is 3.76. The molecule has 1 atom stereocenters. The normalized spacial score (nSPS) is 20.2. The van der Waals surface area contributed by atoms with E-state index >= 15 is 0 Å². The monoisotopic (exact) mass is 193 g/mol. The zero-order valence-electron chi connectivity index (χ0n) is 7.64. The summed E-state index contributed by atoms with van der Waals surface area (Å²) in [6.45, 7) is 0. The molecule has 2 rings (SSSR count). The predicted octanol–water partition coefficient (Wildman–Crippen LogP) is 0.806. The highest BCUT2D eigenvalue weighted by molar-refractivity contribution is 5.36. The quantitative estimate of drug-likeness (QED) is 0.528. The van der Waals surface area contributed by atoms with Crippen molar-refractivity contribution in [3.8, 4) is 0 Å². The topological polar surface area (TPSA) is 82.0 Å². The second-order valence-electron chi connectivity index (χ2n) is 3.56. The Bertz CT molecular complexity index is 378. The molecule has 0 aromatic carbocycles. The predicted molar refractivity (Wildman–Crippen MR) is 50.9 cm³/mol. The van der Waals surface area contributed by atoms with Crippen molar-refractivity contribution in [1.29, 1.82) is 0 Å². The highest BCUT2D eigenvalue weighted by Gasteiger charge is 2.19. The van der Waals surface area contributed by atoms with Crippen molar-refractivity contribution in [3.05, 3.63) is 33.6 Å². The van der Waals surface area contributed by atoms with Gasteiger partial charge in [0.2, 0.25) is 0 Å². The Morgan fingerprint density at radius 2 is 2.43 bits per heavy atom. The Morgan fingerprint density at radius 1 is 1.64 bits per heavy atom. The molecule has 0 fully saturated rings. The average Bonchev–Trinajstić information content (AvgIpc) is 2.16. The number of hydrogen-bond donors (Lipinski definition) is 1. The molecule has 1 aromatic rings. The maximum Gasteiger partial charge on any atom is 0.287 e. The van der Waals surface area contributed by atoms with Crippen molar-refractivity contribution in [2.24, 2.45) is 5.73 Å². The van der Waals surface area contributed by atoms with Gasteiger partial charge in [-0.15, -0.1) is 0 Å². The van der Waals surface area contributed by atoms with Gasteiger partial charge >= 0.3 is 0 Å². The number of aryl methyl sites for hydroxylation is 1. The highest BCUT2D eigenvalue weighted by atomic mass is 16.6. The molecule has 0 saturated heterocycles. The first-order valence-corrected chi connectivity index (χ1v) is 4.54. The van der Waals surface area contributed by atoms with Gasteiger partial charge in [-0.05, 0) is 24.8 Å². The Morgan fingerprint density at radius 3 is 3.14 bits per heavy atom. The lowest BCUT2D eigenvalue weighted by Gasteiger charge is -2.19. The van der Waals surface area contributed by atoms with E-state index in [9.17, 15) is 10.1 Å². The summed E-state index contributed by atoms with van der Waals surface area (Å²) >= 11 is 0. The van der Waals surface area contributed by atoms with E-state index < -0.39 is 4.92 Å².